The van der Waals surface area contributed by atoms with Crippen LogP contribution in [-0.4, -0.2) is 16.2 Å². The third-order valence-corrected chi connectivity index (χ3v) is 2.81. The number of halogens is 1. The van der Waals surface area contributed by atoms with Crippen LogP contribution in [0.1, 0.15) is 18.9 Å². The van der Waals surface area contributed by atoms with Crippen molar-refractivity contribution in [2.24, 2.45) is 5.92 Å². The molecular formula is C11H13BrO3. The normalized spacial score (nSPS) is 12.4. The van der Waals surface area contributed by atoms with Crippen LogP contribution >= 0.6 is 15.9 Å². The number of phenols is 1. The fourth-order valence-electron chi connectivity index (χ4n) is 1.24. The van der Waals surface area contributed by atoms with E-state index in [9.17, 15) is 9.90 Å². The molecule has 1 aromatic carbocycles. The molecule has 0 aromatic heterocycles. The van der Waals surface area contributed by atoms with E-state index >= 15 is 0 Å². The highest BCUT2D eigenvalue weighted by molar-refractivity contribution is 9.10. The zero-order chi connectivity index (χ0) is 11.4. The Morgan fingerprint density at radius 3 is 2.73 bits per heavy atom. The third-order valence-electron chi connectivity index (χ3n) is 2.32. The molecule has 0 aliphatic heterocycles. The van der Waals surface area contributed by atoms with Crippen LogP contribution < -0.4 is 0 Å². The van der Waals surface area contributed by atoms with Crippen molar-refractivity contribution >= 4 is 21.9 Å². The number of carboxylic acid groups (broad SMARTS) is 1. The number of carbonyl (C=O) groups is 1. The van der Waals surface area contributed by atoms with Crippen molar-refractivity contribution in [1.82, 2.24) is 0 Å². The molecule has 0 amide bonds. The van der Waals surface area contributed by atoms with Gasteiger partial charge in [0.25, 0.3) is 0 Å². The first-order chi connectivity index (χ1) is 7.00. The van der Waals surface area contributed by atoms with Gasteiger partial charge in [0.1, 0.15) is 5.75 Å². The summed E-state index contributed by atoms with van der Waals surface area (Å²) in [6.45, 7) is 1.66. The van der Waals surface area contributed by atoms with Crippen LogP contribution in [0.3, 0.4) is 0 Å². The highest BCUT2D eigenvalue weighted by Gasteiger charge is 2.11. The van der Waals surface area contributed by atoms with Gasteiger partial charge in [-0.25, -0.2) is 0 Å². The summed E-state index contributed by atoms with van der Waals surface area (Å²) in [5.74, 6) is -0.971. The second-order valence-electron chi connectivity index (χ2n) is 3.55. The zero-order valence-corrected chi connectivity index (χ0v) is 9.99. The molecule has 4 heteroatoms. The summed E-state index contributed by atoms with van der Waals surface area (Å²) in [6, 6.07) is 5.25. The van der Waals surface area contributed by atoms with Crippen molar-refractivity contribution in [2.75, 3.05) is 0 Å². The number of phenolic OH excluding ortho intramolecular Hbond substituents is 1. The molecule has 0 heterocycles. The molecule has 0 bridgehead atoms. The molecule has 0 saturated heterocycles. The fourth-order valence-corrected chi connectivity index (χ4v) is 1.59. The Balaban J connectivity index is 2.62. The van der Waals surface area contributed by atoms with Crippen molar-refractivity contribution < 1.29 is 15.0 Å². The van der Waals surface area contributed by atoms with E-state index in [0.29, 0.717) is 12.8 Å². The lowest BCUT2D eigenvalue weighted by molar-refractivity contribution is -0.141. The number of hydrogen-bond donors (Lipinski definition) is 2. The molecule has 0 saturated carbocycles. The van der Waals surface area contributed by atoms with Crippen LogP contribution in [-0.2, 0) is 11.2 Å². The summed E-state index contributed by atoms with van der Waals surface area (Å²) in [5.41, 5.74) is 0.784. The van der Waals surface area contributed by atoms with Gasteiger partial charge in [0.2, 0.25) is 0 Å². The molecule has 0 aliphatic carbocycles. The molecule has 0 fully saturated rings. The van der Waals surface area contributed by atoms with E-state index in [1.54, 1.807) is 19.1 Å². The number of rotatable bonds is 4. The molecule has 3 nitrogen and oxygen atoms in total. The van der Waals surface area contributed by atoms with Crippen molar-refractivity contribution in [3.63, 3.8) is 0 Å². The second-order valence-corrected chi connectivity index (χ2v) is 4.47. The molecule has 2 N–H and O–H groups in total. The highest BCUT2D eigenvalue weighted by atomic mass is 79.9. The Hall–Kier alpha value is -1.03. The van der Waals surface area contributed by atoms with E-state index < -0.39 is 5.97 Å². The Morgan fingerprint density at radius 1 is 1.53 bits per heavy atom. The van der Waals surface area contributed by atoms with E-state index in [-0.39, 0.29) is 11.7 Å². The van der Waals surface area contributed by atoms with Crippen molar-refractivity contribution in [3.05, 3.63) is 28.2 Å². The Morgan fingerprint density at radius 2 is 2.20 bits per heavy atom. The minimum Gasteiger partial charge on any atom is -0.508 e. The first-order valence-corrected chi connectivity index (χ1v) is 5.50. The molecule has 0 radical (unpaired) electrons. The van der Waals surface area contributed by atoms with Gasteiger partial charge in [-0.2, -0.15) is 0 Å². The summed E-state index contributed by atoms with van der Waals surface area (Å²) in [5, 5.41) is 18.3. The smallest absolute Gasteiger partial charge is 0.306 e. The number of benzene rings is 1. The Bertz CT molecular complexity index is 363. The van der Waals surface area contributed by atoms with Gasteiger partial charge < -0.3 is 10.2 Å². The van der Waals surface area contributed by atoms with Crippen molar-refractivity contribution in [3.8, 4) is 5.75 Å². The van der Waals surface area contributed by atoms with Gasteiger partial charge in [-0.1, -0.05) is 28.9 Å². The van der Waals surface area contributed by atoms with Gasteiger partial charge in [-0.15, -0.1) is 0 Å². The topological polar surface area (TPSA) is 57.5 Å². The Labute approximate surface area is 96.9 Å². The lowest BCUT2D eigenvalue weighted by Gasteiger charge is -2.07. The number of aromatic hydroxyl groups is 1. The number of aryl methyl sites for hydroxylation is 1. The maximum absolute atomic E-state index is 10.6. The van der Waals surface area contributed by atoms with Crippen LogP contribution in [0, 0.1) is 5.92 Å². The average Bonchev–Trinajstić information content (AvgIpc) is 2.15. The molecule has 15 heavy (non-hydrogen) atoms. The summed E-state index contributed by atoms with van der Waals surface area (Å²) < 4.78 is 0.815. The van der Waals surface area contributed by atoms with E-state index in [0.717, 1.165) is 10.0 Å². The van der Waals surface area contributed by atoms with Gasteiger partial charge >= 0.3 is 5.97 Å². The van der Waals surface area contributed by atoms with Gasteiger partial charge in [0.05, 0.1) is 5.92 Å². The van der Waals surface area contributed by atoms with E-state index in [4.69, 9.17) is 5.11 Å². The van der Waals surface area contributed by atoms with Crippen molar-refractivity contribution in [2.45, 2.75) is 19.8 Å². The van der Waals surface area contributed by atoms with Crippen molar-refractivity contribution in [1.29, 1.82) is 0 Å². The zero-order valence-electron chi connectivity index (χ0n) is 8.40. The molecule has 0 aliphatic rings. The highest BCUT2D eigenvalue weighted by Crippen LogP contribution is 2.24. The molecular weight excluding hydrogens is 260 g/mol. The van der Waals surface area contributed by atoms with Crippen LogP contribution in [0.5, 0.6) is 5.75 Å². The van der Waals surface area contributed by atoms with Crippen LogP contribution in [0.2, 0.25) is 0 Å². The van der Waals surface area contributed by atoms with E-state index in [2.05, 4.69) is 15.9 Å². The summed E-state index contributed by atoms with van der Waals surface area (Å²) in [6.07, 6.45) is 1.11. The number of carboxylic acids is 1. The second kappa shape index (κ2) is 5.16. The molecule has 1 atom stereocenters. The number of hydrogen-bond acceptors (Lipinski definition) is 2. The summed E-state index contributed by atoms with van der Waals surface area (Å²) in [7, 11) is 0. The molecule has 1 aromatic rings. The maximum Gasteiger partial charge on any atom is 0.306 e. The van der Waals surface area contributed by atoms with Crippen LogP contribution in [0.25, 0.3) is 0 Å². The van der Waals surface area contributed by atoms with Crippen LogP contribution in [0.15, 0.2) is 22.7 Å². The Kier molecular flexibility index (Phi) is 4.15. The minimum absolute atomic E-state index is 0.210. The van der Waals surface area contributed by atoms with Crippen LogP contribution in [0.4, 0.5) is 0 Å². The van der Waals surface area contributed by atoms with Gasteiger partial charge in [-0.05, 0) is 30.5 Å². The first-order valence-electron chi connectivity index (χ1n) is 4.71. The molecule has 82 valence electrons. The lowest BCUT2D eigenvalue weighted by Crippen LogP contribution is -2.10. The van der Waals surface area contributed by atoms with E-state index in [1.165, 1.54) is 0 Å². The van der Waals surface area contributed by atoms with Gasteiger partial charge in [-0.3, -0.25) is 4.79 Å². The largest absolute Gasteiger partial charge is 0.508 e. The predicted molar refractivity (Wildman–Crippen MR) is 60.9 cm³/mol. The minimum atomic E-state index is -0.799. The monoisotopic (exact) mass is 272 g/mol. The average molecular weight is 273 g/mol. The maximum atomic E-state index is 10.6. The molecule has 0 spiro atoms. The lowest BCUT2D eigenvalue weighted by atomic mass is 10.0. The quantitative estimate of drug-likeness (QED) is 0.886. The summed E-state index contributed by atoms with van der Waals surface area (Å²) in [4.78, 5) is 10.6. The van der Waals surface area contributed by atoms with Gasteiger partial charge in [0.15, 0.2) is 0 Å². The number of aliphatic carboxylic acids is 1. The van der Waals surface area contributed by atoms with E-state index in [1.807, 2.05) is 6.07 Å². The van der Waals surface area contributed by atoms with Gasteiger partial charge in [0, 0.05) is 4.47 Å². The fraction of sp³-hybridized carbons (Fsp3) is 0.364. The third kappa shape index (κ3) is 3.55. The standard InChI is InChI=1S/C11H13BrO3/c1-7(11(14)15)2-3-8-4-5-9(12)6-10(8)13/h4-7,13H,2-3H2,1H3,(H,14,15). The molecule has 1 rings (SSSR count). The summed E-state index contributed by atoms with van der Waals surface area (Å²) >= 11 is 3.25. The predicted octanol–water partition coefficient (Wildman–Crippen LogP) is 2.81. The first kappa shape index (κ1) is 12.0. The SMILES string of the molecule is CC(CCc1ccc(Br)cc1O)C(=O)O. The molecule has 1 unspecified atom stereocenters.